The number of ether oxygens (including phenoxy) is 3. The summed E-state index contributed by atoms with van der Waals surface area (Å²) in [6.07, 6.45) is 3.23. The number of benzene rings is 1. The zero-order valence-corrected chi connectivity index (χ0v) is 17.0. The Bertz CT molecular complexity index is 1010. The van der Waals surface area contributed by atoms with Gasteiger partial charge in [0.25, 0.3) is 0 Å². The predicted molar refractivity (Wildman–Crippen MR) is 105 cm³/mol. The average molecular weight is 412 g/mol. The molecule has 30 heavy (non-hydrogen) atoms. The summed E-state index contributed by atoms with van der Waals surface area (Å²) in [4.78, 5) is 15.2. The molecule has 0 unspecified atom stereocenters. The van der Waals surface area contributed by atoms with Crippen molar-refractivity contribution < 1.29 is 19.0 Å². The van der Waals surface area contributed by atoms with E-state index in [2.05, 4.69) is 20.3 Å². The Morgan fingerprint density at radius 1 is 1.10 bits per heavy atom. The number of nitrogens with zero attached hydrogens (tertiary/aromatic N) is 6. The van der Waals surface area contributed by atoms with Gasteiger partial charge in [0.05, 0.1) is 25.8 Å². The molecule has 2 aliphatic rings. The van der Waals surface area contributed by atoms with Gasteiger partial charge in [0.1, 0.15) is 24.7 Å². The van der Waals surface area contributed by atoms with Gasteiger partial charge in [-0.2, -0.15) is 9.97 Å². The highest BCUT2D eigenvalue weighted by Gasteiger charge is 2.45. The van der Waals surface area contributed by atoms with Crippen LogP contribution in [-0.2, 0) is 16.2 Å². The van der Waals surface area contributed by atoms with Gasteiger partial charge in [-0.3, -0.25) is 4.84 Å². The molecule has 5 rings (SSSR count). The third-order valence-electron chi connectivity index (χ3n) is 5.71. The van der Waals surface area contributed by atoms with E-state index in [1.165, 1.54) is 0 Å². The van der Waals surface area contributed by atoms with Crippen molar-refractivity contribution in [3.8, 4) is 11.8 Å². The van der Waals surface area contributed by atoms with Gasteiger partial charge in [-0.05, 0) is 25.0 Å². The molecule has 0 radical (unpaired) electrons. The molecule has 1 spiro atoms. The third kappa shape index (κ3) is 3.57. The second-order valence-corrected chi connectivity index (χ2v) is 7.56. The molecule has 1 aliphatic heterocycles. The van der Waals surface area contributed by atoms with E-state index in [4.69, 9.17) is 19.0 Å². The van der Waals surface area contributed by atoms with E-state index in [1.54, 1.807) is 25.3 Å². The first-order valence-corrected chi connectivity index (χ1v) is 10.0. The number of fused-ring (bicyclic) bond motifs is 1. The highest BCUT2D eigenvalue weighted by atomic mass is 16.9. The monoisotopic (exact) mass is 412 g/mol. The Morgan fingerprint density at radius 3 is 2.57 bits per heavy atom. The van der Waals surface area contributed by atoms with Crippen molar-refractivity contribution in [2.75, 3.05) is 21.0 Å². The molecule has 3 heterocycles. The first-order valence-electron chi connectivity index (χ1n) is 10.0. The molecule has 2 fully saturated rings. The van der Waals surface area contributed by atoms with Gasteiger partial charge in [0.15, 0.2) is 5.79 Å². The molecule has 1 aliphatic carbocycles. The van der Waals surface area contributed by atoms with Crippen LogP contribution in [0.25, 0.3) is 11.0 Å². The highest BCUT2D eigenvalue weighted by Crippen LogP contribution is 2.43. The molecule has 10 heteroatoms. The summed E-state index contributed by atoms with van der Waals surface area (Å²) < 4.78 is 18.5. The largest absolute Gasteiger partial charge is 0.481 e. The minimum absolute atomic E-state index is 0.208. The van der Waals surface area contributed by atoms with Crippen LogP contribution in [0.4, 0.5) is 0 Å². The van der Waals surface area contributed by atoms with E-state index in [9.17, 15) is 0 Å². The quantitative estimate of drug-likeness (QED) is 0.626. The average Bonchev–Trinajstić information content (AvgIpc) is 3.38. The first-order chi connectivity index (χ1) is 14.7. The number of hydrogen-bond acceptors (Lipinski definition) is 9. The van der Waals surface area contributed by atoms with Crippen molar-refractivity contribution in [3.63, 3.8) is 0 Å². The Kier molecular flexibility index (Phi) is 4.97. The maximum absolute atomic E-state index is 6.22. The normalized spacial score (nSPS) is 24.5. The summed E-state index contributed by atoms with van der Waals surface area (Å²) in [6, 6.07) is 9.55. The van der Waals surface area contributed by atoms with E-state index in [1.807, 2.05) is 28.9 Å². The number of aromatic nitrogens is 5. The van der Waals surface area contributed by atoms with Gasteiger partial charge >= 0.3 is 0 Å². The topological polar surface area (TPSA) is 96.7 Å². The van der Waals surface area contributed by atoms with Crippen LogP contribution in [0.5, 0.6) is 11.8 Å². The molecule has 0 bridgehead atoms. The molecular weight excluding hydrogens is 388 g/mol. The van der Waals surface area contributed by atoms with Crippen LogP contribution in [0.15, 0.2) is 30.3 Å². The van der Waals surface area contributed by atoms with Gasteiger partial charge in [-0.1, -0.05) is 17.3 Å². The molecule has 0 amide bonds. The lowest BCUT2D eigenvalue weighted by atomic mass is 9.84. The Hall–Kier alpha value is -2.82. The lowest BCUT2D eigenvalue weighted by Crippen LogP contribution is -2.36. The summed E-state index contributed by atoms with van der Waals surface area (Å²) in [7, 11) is 3.18. The number of rotatable bonds is 5. The van der Waals surface area contributed by atoms with Crippen LogP contribution in [0.1, 0.15) is 37.4 Å². The molecule has 10 nitrogen and oxygen atoms in total. The molecular formula is C20H24N6O4. The van der Waals surface area contributed by atoms with Crippen molar-refractivity contribution in [3.05, 3.63) is 36.2 Å². The molecule has 0 atom stereocenters. The van der Waals surface area contributed by atoms with E-state index < -0.39 is 5.79 Å². The first kappa shape index (κ1) is 19.2. The van der Waals surface area contributed by atoms with E-state index in [-0.39, 0.29) is 5.92 Å². The summed E-state index contributed by atoms with van der Waals surface area (Å²) in [5.41, 5.74) is 1.83. The molecule has 0 N–H and O–H groups in total. The number of hydrogen-bond donors (Lipinski definition) is 0. The molecule has 1 aromatic carbocycles. The standard InChI is InChI=1S/C20H24N6O4/c1-27-17-11-18(28-2)22-19(21-17)14-7-9-20(10-8-14)29-13-25(30-20)12-26-16-6-4-3-5-15(16)23-24-26/h3-6,11,14H,7-10,12-13H2,1-2H3. The van der Waals surface area contributed by atoms with Gasteiger partial charge < -0.3 is 14.2 Å². The zero-order valence-electron chi connectivity index (χ0n) is 17.0. The van der Waals surface area contributed by atoms with Crippen molar-refractivity contribution in [1.29, 1.82) is 0 Å². The van der Waals surface area contributed by atoms with E-state index >= 15 is 0 Å². The molecule has 1 saturated carbocycles. The van der Waals surface area contributed by atoms with E-state index in [0.717, 1.165) is 42.5 Å². The van der Waals surface area contributed by atoms with Crippen molar-refractivity contribution in [1.82, 2.24) is 30.0 Å². The minimum atomic E-state index is -0.601. The van der Waals surface area contributed by atoms with Crippen molar-refractivity contribution >= 4 is 11.0 Å². The number of methoxy groups -OCH3 is 2. The van der Waals surface area contributed by atoms with Crippen molar-refractivity contribution in [2.45, 2.75) is 44.1 Å². The number of para-hydroxylation sites is 1. The Morgan fingerprint density at radius 2 is 1.83 bits per heavy atom. The van der Waals surface area contributed by atoms with Gasteiger partial charge in [-0.25, -0.2) is 4.68 Å². The predicted octanol–water partition coefficient (Wildman–Crippen LogP) is 2.47. The Balaban J connectivity index is 1.23. The van der Waals surface area contributed by atoms with Crippen LogP contribution in [0.3, 0.4) is 0 Å². The fourth-order valence-electron chi connectivity index (χ4n) is 4.08. The van der Waals surface area contributed by atoms with Gasteiger partial charge in [0.2, 0.25) is 11.8 Å². The van der Waals surface area contributed by atoms with Crippen LogP contribution < -0.4 is 9.47 Å². The second-order valence-electron chi connectivity index (χ2n) is 7.56. The molecule has 2 aromatic heterocycles. The summed E-state index contributed by atoms with van der Waals surface area (Å²) in [6.45, 7) is 0.851. The fraction of sp³-hybridized carbons (Fsp3) is 0.500. The lowest BCUT2D eigenvalue weighted by Gasteiger charge is -2.34. The summed E-state index contributed by atoms with van der Waals surface area (Å²) >= 11 is 0. The van der Waals surface area contributed by atoms with Gasteiger partial charge in [0, 0.05) is 18.8 Å². The second kappa shape index (κ2) is 7.78. The maximum atomic E-state index is 6.22. The minimum Gasteiger partial charge on any atom is -0.481 e. The summed E-state index contributed by atoms with van der Waals surface area (Å²) in [5.74, 6) is 1.37. The van der Waals surface area contributed by atoms with Crippen LogP contribution >= 0.6 is 0 Å². The van der Waals surface area contributed by atoms with Crippen LogP contribution in [-0.4, -0.2) is 56.8 Å². The van der Waals surface area contributed by atoms with Crippen LogP contribution in [0.2, 0.25) is 0 Å². The van der Waals surface area contributed by atoms with Crippen molar-refractivity contribution in [2.24, 2.45) is 0 Å². The smallest absolute Gasteiger partial charge is 0.220 e. The molecule has 3 aromatic rings. The third-order valence-corrected chi connectivity index (χ3v) is 5.71. The highest BCUT2D eigenvalue weighted by molar-refractivity contribution is 5.73. The number of hydroxylamine groups is 2. The van der Waals surface area contributed by atoms with Gasteiger partial charge in [-0.15, -0.1) is 10.2 Å². The maximum Gasteiger partial charge on any atom is 0.220 e. The zero-order chi connectivity index (χ0) is 20.6. The van der Waals surface area contributed by atoms with Crippen LogP contribution in [0, 0.1) is 0 Å². The summed E-state index contributed by atoms with van der Waals surface area (Å²) in [5, 5.41) is 10.2. The van der Waals surface area contributed by atoms with E-state index in [0.29, 0.717) is 25.2 Å². The molecule has 1 saturated heterocycles. The molecule has 158 valence electrons. The lowest BCUT2D eigenvalue weighted by molar-refractivity contribution is -0.258. The SMILES string of the molecule is COc1cc(OC)nc(C2CCC3(CC2)OCN(Cn2nnc4ccccc42)O3)n1. The Labute approximate surface area is 173 Å². The fourth-order valence-corrected chi connectivity index (χ4v) is 4.08.